The molecule has 0 aliphatic heterocycles. The number of hydrogen-bond acceptors (Lipinski definition) is 7. The average molecular weight is 492 g/mol. The average Bonchev–Trinajstić information content (AvgIpc) is 2.77. The Balaban J connectivity index is 1.84. The van der Waals surface area contributed by atoms with E-state index in [1.54, 1.807) is 7.05 Å². The molecule has 0 unspecified atom stereocenters. The van der Waals surface area contributed by atoms with Gasteiger partial charge in [0.25, 0.3) is 5.91 Å². The fourth-order valence-corrected chi connectivity index (χ4v) is 4.31. The summed E-state index contributed by atoms with van der Waals surface area (Å²) >= 11 is 0. The summed E-state index contributed by atoms with van der Waals surface area (Å²) in [6, 6.07) is 12.5. The van der Waals surface area contributed by atoms with Crippen LogP contribution in [0.3, 0.4) is 0 Å². The van der Waals surface area contributed by atoms with Gasteiger partial charge in [-0.25, -0.2) is 9.78 Å². The first-order chi connectivity index (χ1) is 17.0. The van der Waals surface area contributed by atoms with Gasteiger partial charge in [0.2, 0.25) is 0 Å². The highest BCUT2D eigenvalue weighted by Gasteiger charge is 2.28. The van der Waals surface area contributed by atoms with Gasteiger partial charge < -0.3 is 20.0 Å². The lowest BCUT2D eigenvalue weighted by Gasteiger charge is -2.29. The Labute approximate surface area is 211 Å². The van der Waals surface area contributed by atoms with Crippen molar-refractivity contribution in [2.45, 2.75) is 46.7 Å². The van der Waals surface area contributed by atoms with E-state index in [0.29, 0.717) is 0 Å². The van der Waals surface area contributed by atoms with Crippen LogP contribution in [-0.2, 0) is 9.63 Å². The summed E-state index contributed by atoms with van der Waals surface area (Å²) in [6.07, 6.45) is 1.34. The molecule has 0 fully saturated rings. The van der Waals surface area contributed by atoms with Crippen molar-refractivity contribution in [1.82, 2.24) is 15.4 Å². The van der Waals surface area contributed by atoms with Crippen molar-refractivity contribution in [3.8, 4) is 11.5 Å². The normalized spacial score (nSPS) is 11.9. The highest BCUT2D eigenvalue weighted by atomic mass is 16.7. The molecule has 0 spiro atoms. The van der Waals surface area contributed by atoms with Gasteiger partial charge in [-0.05, 0) is 45.7 Å². The summed E-state index contributed by atoms with van der Waals surface area (Å²) in [5.41, 5.74) is 6.13. The maximum Gasteiger partial charge on any atom is 0.347 e. The van der Waals surface area contributed by atoms with E-state index >= 15 is 0 Å². The Kier molecular flexibility index (Phi) is 8.32. The molecule has 0 radical (unpaired) electrons. The highest BCUT2D eigenvalue weighted by molar-refractivity contribution is 5.97. The first kappa shape index (κ1) is 26.7. The summed E-state index contributed by atoms with van der Waals surface area (Å²) in [6.45, 7) is 9.62. The van der Waals surface area contributed by atoms with Gasteiger partial charge in [0.15, 0.2) is 17.2 Å². The lowest BCUT2D eigenvalue weighted by Crippen LogP contribution is -2.42. The van der Waals surface area contributed by atoms with Crippen molar-refractivity contribution < 1.29 is 24.3 Å². The minimum atomic E-state index is -1.01. The Morgan fingerprint density at radius 3 is 1.92 bits per heavy atom. The Morgan fingerprint density at radius 1 is 0.944 bits per heavy atom. The third-order valence-corrected chi connectivity index (χ3v) is 5.74. The maximum atomic E-state index is 13.0. The van der Waals surface area contributed by atoms with Crippen molar-refractivity contribution in [2.24, 2.45) is 0 Å². The molecule has 2 N–H and O–H groups in total. The standard InChI is InChI=1S/C28H33N3O5/c1-16-10-17(2)13-21(12-16)25(22-14-18(3)11-19(4)15-22)31(6)36-28(34)20(5)30-27(33)24-26(32)23(35-7)8-9-29-24/h8-15,20,25,32H,1-7H3,(H,30,33)/t20-/m0/s1. The van der Waals surface area contributed by atoms with Crippen LogP contribution >= 0.6 is 0 Å². The fraction of sp³-hybridized carbons (Fsp3) is 0.321. The van der Waals surface area contributed by atoms with Crippen LogP contribution in [0.15, 0.2) is 48.7 Å². The number of benzene rings is 2. The van der Waals surface area contributed by atoms with Gasteiger partial charge in [0, 0.05) is 19.3 Å². The van der Waals surface area contributed by atoms with Crippen LogP contribution in [0.2, 0.25) is 0 Å². The zero-order chi connectivity index (χ0) is 26.6. The van der Waals surface area contributed by atoms with Crippen molar-refractivity contribution in [3.63, 3.8) is 0 Å². The molecule has 0 aliphatic rings. The lowest BCUT2D eigenvalue weighted by atomic mass is 9.93. The van der Waals surface area contributed by atoms with Crippen LogP contribution in [0.5, 0.6) is 11.5 Å². The molecule has 0 saturated carbocycles. The second kappa shape index (κ2) is 11.2. The van der Waals surface area contributed by atoms with Crippen LogP contribution in [0.25, 0.3) is 0 Å². The molecule has 0 aliphatic carbocycles. The van der Waals surface area contributed by atoms with Crippen LogP contribution < -0.4 is 10.1 Å². The van der Waals surface area contributed by atoms with Crippen LogP contribution in [0, 0.1) is 27.7 Å². The van der Waals surface area contributed by atoms with Crippen LogP contribution in [0.4, 0.5) is 0 Å². The third-order valence-electron chi connectivity index (χ3n) is 5.74. The van der Waals surface area contributed by atoms with Gasteiger partial charge in [-0.1, -0.05) is 58.7 Å². The predicted octanol–water partition coefficient (Wildman–Crippen LogP) is 4.33. The number of nitrogens with zero attached hydrogens (tertiary/aromatic N) is 2. The number of aromatic hydroxyl groups is 1. The zero-order valence-electron chi connectivity index (χ0n) is 21.7. The smallest absolute Gasteiger partial charge is 0.347 e. The summed E-state index contributed by atoms with van der Waals surface area (Å²) in [5.74, 6) is -1.68. The molecule has 3 rings (SSSR count). The third kappa shape index (κ3) is 6.20. The summed E-state index contributed by atoms with van der Waals surface area (Å²) in [4.78, 5) is 35.3. The Hall–Kier alpha value is -3.91. The number of aryl methyl sites for hydroxylation is 4. The summed E-state index contributed by atoms with van der Waals surface area (Å²) in [5, 5.41) is 14.2. The van der Waals surface area contributed by atoms with Gasteiger partial charge in [0.1, 0.15) is 6.04 Å². The minimum Gasteiger partial charge on any atom is -0.503 e. The molecule has 1 atom stereocenters. The second-order valence-corrected chi connectivity index (χ2v) is 9.11. The number of nitrogens with one attached hydrogen (secondary N) is 1. The molecule has 0 bridgehead atoms. The van der Waals surface area contributed by atoms with Gasteiger partial charge in [-0.15, -0.1) is 5.06 Å². The molecule has 1 heterocycles. The Bertz CT molecular complexity index is 1180. The minimum absolute atomic E-state index is 0.106. The van der Waals surface area contributed by atoms with E-state index in [9.17, 15) is 14.7 Å². The van der Waals surface area contributed by atoms with E-state index < -0.39 is 23.7 Å². The summed E-state index contributed by atoms with van der Waals surface area (Å²) in [7, 11) is 3.07. The molecular weight excluding hydrogens is 458 g/mol. The molecule has 2 aromatic carbocycles. The number of ether oxygens (including phenoxy) is 1. The number of carbonyl (C=O) groups excluding carboxylic acids is 2. The van der Waals surface area contributed by atoms with Crippen LogP contribution in [0.1, 0.15) is 56.8 Å². The molecule has 8 nitrogen and oxygen atoms in total. The highest BCUT2D eigenvalue weighted by Crippen LogP contribution is 2.31. The number of hydroxylamine groups is 2. The monoisotopic (exact) mass is 491 g/mol. The number of methoxy groups -OCH3 is 1. The van der Waals surface area contributed by atoms with E-state index in [4.69, 9.17) is 9.57 Å². The molecule has 8 heteroatoms. The van der Waals surface area contributed by atoms with Gasteiger partial charge in [-0.3, -0.25) is 4.79 Å². The van der Waals surface area contributed by atoms with E-state index in [-0.39, 0.29) is 17.5 Å². The van der Waals surface area contributed by atoms with Gasteiger partial charge in [0.05, 0.1) is 13.2 Å². The molecule has 190 valence electrons. The van der Waals surface area contributed by atoms with Crippen molar-refractivity contribution in [3.05, 3.63) is 87.7 Å². The molecule has 1 amide bonds. The fourth-order valence-electron chi connectivity index (χ4n) is 4.31. The number of rotatable bonds is 8. The van der Waals surface area contributed by atoms with Crippen molar-refractivity contribution in [2.75, 3.05) is 14.2 Å². The maximum absolute atomic E-state index is 13.0. The van der Waals surface area contributed by atoms with Crippen molar-refractivity contribution in [1.29, 1.82) is 0 Å². The molecule has 3 aromatic rings. The topological polar surface area (TPSA) is 101 Å². The molecule has 36 heavy (non-hydrogen) atoms. The number of pyridine rings is 1. The Morgan fingerprint density at radius 2 is 1.44 bits per heavy atom. The first-order valence-corrected chi connectivity index (χ1v) is 11.6. The zero-order valence-corrected chi connectivity index (χ0v) is 21.7. The summed E-state index contributed by atoms with van der Waals surface area (Å²) < 4.78 is 5.02. The molecule has 0 saturated heterocycles. The number of hydrogen-bond donors (Lipinski definition) is 2. The van der Waals surface area contributed by atoms with E-state index in [1.165, 1.54) is 31.4 Å². The van der Waals surface area contributed by atoms with E-state index in [1.807, 2.05) is 27.7 Å². The van der Waals surface area contributed by atoms with Crippen molar-refractivity contribution >= 4 is 11.9 Å². The quantitative estimate of drug-likeness (QED) is 0.453. The number of carbonyl (C=O) groups is 2. The largest absolute Gasteiger partial charge is 0.503 e. The van der Waals surface area contributed by atoms with E-state index in [0.717, 1.165) is 33.4 Å². The first-order valence-electron chi connectivity index (χ1n) is 11.6. The lowest BCUT2D eigenvalue weighted by molar-refractivity contribution is -0.193. The number of aromatic nitrogens is 1. The number of amides is 1. The van der Waals surface area contributed by atoms with E-state index in [2.05, 4.69) is 46.7 Å². The SMILES string of the molecule is COc1ccnc(C(=O)N[C@@H](C)C(=O)ON(C)C(c2cc(C)cc(C)c2)c2cc(C)cc(C)c2)c1O. The van der Waals surface area contributed by atoms with Crippen LogP contribution in [-0.4, -0.2) is 47.2 Å². The predicted molar refractivity (Wildman–Crippen MR) is 137 cm³/mol. The second-order valence-electron chi connectivity index (χ2n) is 9.11. The molecule has 1 aromatic heterocycles. The van der Waals surface area contributed by atoms with Gasteiger partial charge in [-0.2, -0.15) is 0 Å². The molecular formula is C28H33N3O5. The van der Waals surface area contributed by atoms with Gasteiger partial charge >= 0.3 is 5.97 Å².